The third-order valence-corrected chi connectivity index (χ3v) is 7.35. The maximum atomic E-state index is 13.9. The zero-order valence-corrected chi connectivity index (χ0v) is 19.4. The lowest BCUT2D eigenvalue weighted by molar-refractivity contribution is -0.0939. The van der Waals surface area contributed by atoms with Crippen LogP contribution in [0.25, 0.3) is 0 Å². The Morgan fingerprint density at radius 1 is 1.26 bits per heavy atom. The van der Waals surface area contributed by atoms with E-state index in [1.54, 1.807) is 13.0 Å². The summed E-state index contributed by atoms with van der Waals surface area (Å²) in [5.74, 6) is -0.798. The van der Waals surface area contributed by atoms with E-state index in [2.05, 4.69) is 9.80 Å². The molecule has 3 aliphatic heterocycles. The fraction of sp³-hybridized carbons (Fsp3) is 0.462. The zero-order chi connectivity index (χ0) is 24.0. The van der Waals surface area contributed by atoms with Crippen LogP contribution in [0.4, 0.5) is 4.39 Å². The van der Waals surface area contributed by atoms with Gasteiger partial charge in [-0.3, -0.25) is 9.80 Å². The number of carbonyl (C=O) groups is 1. The smallest absolute Gasteiger partial charge is 0.338 e. The van der Waals surface area contributed by atoms with Gasteiger partial charge in [0.2, 0.25) is 0 Å². The molecule has 0 aromatic heterocycles. The van der Waals surface area contributed by atoms with Crippen molar-refractivity contribution in [1.82, 2.24) is 9.80 Å². The Morgan fingerprint density at radius 2 is 2.09 bits per heavy atom. The van der Waals surface area contributed by atoms with Gasteiger partial charge >= 0.3 is 5.97 Å². The lowest BCUT2D eigenvalue weighted by Gasteiger charge is -2.46. The molecule has 3 heterocycles. The number of hydrogen-bond donors (Lipinski definition) is 1. The SMILES string of the molecule is Cc1cc2c(cc1C(O)CN1CCN3C[C@H](c4ccc(F)c(C#N)c4C)OC[C@@H]3C1)COC2=O. The minimum absolute atomic E-state index is 0.0832. The Hall–Kier alpha value is -2.83. The molecule has 0 spiro atoms. The summed E-state index contributed by atoms with van der Waals surface area (Å²) in [4.78, 5) is 16.4. The van der Waals surface area contributed by atoms with E-state index in [1.165, 1.54) is 6.07 Å². The van der Waals surface area contributed by atoms with E-state index in [0.717, 1.165) is 41.9 Å². The molecule has 8 heteroatoms. The van der Waals surface area contributed by atoms with Gasteiger partial charge in [0, 0.05) is 44.3 Å². The van der Waals surface area contributed by atoms with Crippen molar-refractivity contribution >= 4 is 5.97 Å². The molecule has 1 unspecified atom stereocenters. The number of hydrogen-bond acceptors (Lipinski definition) is 7. The first kappa shape index (κ1) is 22.9. The largest absolute Gasteiger partial charge is 0.457 e. The van der Waals surface area contributed by atoms with Crippen LogP contribution < -0.4 is 0 Å². The summed E-state index contributed by atoms with van der Waals surface area (Å²) in [6.45, 7) is 8.11. The number of morpholine rings is 1. The number of halogens is 1. The molecule has 0 bridgehead atoms. The van der Waals surface area contributed by atoms with Crippen LogP contribution in [0.1, 0.15) is 55.9 Å². The molecule has 0 amide bonds. The number of nitriles is 1. The van der Waals surface area contributed by atoms with Crippen molar-refractivity contribution in [2.75, 3.05) is 39.3 Å². The van der Waals surface area contributed by atoms with Crippen LogP contribution in [0, 0.1) is 31.0 Å². The number of cyclic esters (lactones) is 1. The first-order chi connectivity index (χ1) is 16.4. The van der Waals surface area contributed by atoms with Gasteiger partial charge in [-0.05, 0) is 54.3 Å². The molecule has 3 atom stereocenters. The van der Waals surface area contributed by atoms with Crippen molar-refractivity contribution in [3.05, 3.63) is 69.0 Å². The number of nitrogens with zero attached hydrogens (tertiary/aromatic N) is 3. The highest BCUT2D eigenvalue weighted by Crippen LogP contribution is 2.32. The molecular weight excluding hydrogens is 437 g/mol. The second-order valence-electron chi connectivity index (χ2n) is 9.44. The second-order valence-corrected chi connectivity index (χ2v) is 9.44. The van der Waals surface area contributed by atoms with Gasteiger partial charge < -0.3 is 14.6 Å². The topological polar surface area (TPSA) is 86.0 Å². The number of aliphatic hydroxyl groups excluding tert-OH is 1. The van der Waals surface area contributed by atoms with Gasteiger partial charge in [0.1, 0.15) is 18.5 Å². The highest BCUT2D eigenvalue weighted by molar-refractivity contribution is 5.93. The number of benzene rings is 2. The van der Waals surface area contributed by atoms with Crippen molar-refractivity contribution in [2.24, 2.45) is 0 Å². The number of aliphatic hydroxyl groups is 1. The molecule has 2 aromatic rings. The van der Waals surface area contributed by atoms with Crippen molar-refractivity contribution in [2.45, 2.75) is 38.7 Å². The Labute approximate surface area is 198 Å². The first-order valence-corrected chi connectivity index (χ1v) is 11.6. The fourth-order valence-corrected chi connectivity index (χ4v) is 5.39. The number of rotatable bonds is 4. The minimum atomic E-state index is -0.656. The van der Waals surface area contributed by atoms with Crippen molar-refractivity contribution in [3.63, 3.8) is 0 Å². The van der Waals surface area contributed by atoms with E-state index >= 15 is 0 Å². The number of aryl methyl sites for hydroxylation is 1. The van der Waals surface area contributed by atoms with Gasteiger partial charge in [-0.15, -0.1) is 0 Å². The first-order valence-electron chi connectivity index (χ1n) is 11.6. The van der Waals surface area contributed by atoms with Crippen LogP contribution >= 0.6 is 0 Å². The Balaban J connectivity index is 1.22. The van der Waals surface area contributed by atoms with Gasteiger partial charge in [0.05, 0.1) is 29.9 Å². The summed E-state index contributed by atoms with van der Waals surface area (Å²) in [6.07, 6.45) is -0.851. The predicted octanol–water partition coefficient (Wildman–Crippen LogP) is 2.78. The average molecular weight is 466 g/mol. The quantitative estimate of drug-likeness (QED) is 0.695. The highest BCUT2D eigenvalue weighted by atomic mass is 19.1. The number of β-amino-alcohol motifs (C(OH)–C–C–N with tert-alkyl or cyclic N) is 1. The summed E-state index contributed by atoms with van der Waals surface area (Å²) >= 11 is 0. The summed E-state index contributed by atoms with van der Waals surface area (Å²) in [5, 5.41) is 20.2. The van der Waals surface area contributed by atoms with Crippen LogP contribution in [0.15, 0.2) is 24.3 Å². The van der Waals surface area contributed by atoms with E-state index in [4.69, 9.17) is 9.47 Å². The van der Waals surface area contributed by atoms with Crippen molar-refractivity contribution < 1.29 is 23.8 Å². The maximum absolute atomic E-state index is 13.9. The number of fused-ring (bicyclic) bond motifs is 2. The highest BCUT2D eigenvalue weighted by Gasteiger charge is 2.35. The molecular formula is C26H28FN3O4. The van der Waals surface area contributed by atoms with Gasteiger partial charge in [0.15, 0.2) is 0 Å². The lowest BCUT2D eigenvalue weighted by Crippen LogP contribution is -2.58. The molecule has 0 saturated carbocycles. The zero-order valence-electron chi connectivity index (χ0n) is 19.4. The molecule has 5 rings (SSSR count). The van der Waals surface area contributed by atoms with Gasteiger partial charge in [-0.2, -0.15) is 5.26 Å². The number of piperazine rings is 1. The van der Waals surface area contributed by atoms with E-state index < -0.39 is 11.9 Å². The number of ether oxygens (including phenoxy) is 2. The summed E-state index contributed by atoms with van der Waals surface area (Å²) < 4.78 is 25.2. The summed E-state index contributed by atoms with van der Waals surface area (Å²) in [6, 6.07) is 8.94. The second kappa shape index (κ2) is 9.08. The van der Waals surface area contributed by atoms with Crippen LogP contribution in [0.2, 0.25) is 0 Å². The molecule has 0 radical (unpaired) electrons. The monoisotopic (exact) mass is 465 g/mol. The molecule has 2 fully saturated rings. The summed E-state index contributed by atoms with van der Waals surface area (Å²) in [5.41, 5.74) is 4.73. The molecule has 178 valence electrons. The van der Waals surface area contributed by atoms with Crippen molar-refractivity contribution in [1.29, 1.82) is 5.26 Å². The molecule has 1 N–H and O–H groups in total. The van der Waals surface area contributed by atoms with Crippen LogP contribution in [-0.4, -0.2) is 66.2 Å². The Bertz CT molecular complexity index is 1180. The van der Waals surface area contributed by atoms with Gasteiger partial charge in [-0.1, -0.05) is 6.07 Å². The van der Waals surface area contributed by atoms with Crippen LogP contribution in [-0.2, 0) is 16.1 Å². The number of carbonyl (C=O) groups excluding carboxylic acids is 1. The molecule has 2 saturated heterocycles. The van der Waals surface area contributed by atoms with Gasteiger partial charge in [0.25, 0.3) is 0 Å². The van der Waals surface area contributed by atoms with E-state index in [-0.39, 0.29) is 30.3 Å². The van der Waals surface area contributed by atoms with Crippen LogP contribution in [0.5, 0.6) is 0 Å². The number of esters is 1. The van der Waals surface area contributed by atoms with E-state index in [0.29, 0.717) is 30.8 Å². The summed E-state index contributed by atoms with van der Waals surface area (Å²) in [7, 11) is 0. The maximum Gasteiger partial charge on any atom is 0.338 e. The van der Waals surface area contributed by atoms with E-state index in [9.17, 15) is 19.6 Å². The predicted molar refractivity (Wildman–Crippen MR) is 122 cm³/mol. The Morgan fingerprint density at radius 3 is 2.88 bits per heavy atom. The molecule has 2 aromatic carbocycles. The third kappa shape index (κ3) is 4.10. The minimum Gasteiger partial charge on any atom is -0.457 e. The molecule has 0 aliphatic carbocycles. The Kier molecular flexibility index (Phi) is 6.13. The lowest BCUT2D eigenvalue weighted by atomic mass is 9.95. The van der Waals surface area contributed by atoms with Gasteiger partial charge in [-0.25, -0.2) is 9.18 Å². The third-order valence-electron chi connectivity index (χ3n) is 7.35. The average Bonchev–Trinajstić information content (AvgIpc) is 3.18. The molecule has 7 nitrogen and oxygen atoms in total. The fourth-order valence-electron chi connectivity index (χ4n) is 5.39. The molecule has 34 heavy (non-hydrogen) atoms. The van der Waals surface area contributed by atoms with Crippen LogP contribution in [0.3, 0.4) is 0 Å². The standard InChI is InChI=1S/C26H28FN3O4/c1-15-7-21-17(13-34-26(21)32)8-20(15)24(31)11-29-5-6-30-12-25(33-14-18(30)10-29)19-3-4-23(27)22(9-28)16(19)2/h3-4,7-8,18,24-25,31H,5-6,10-14H2,1-2H3/t18-,24?,25+/m0/s1. The molecule has 3 aliphatic rings. The van der Waals surface area contributed by atoms with E-state index in [1.807, 2.05) is 25.1 Å². The normalized spacial score (nSPS) is 23.7. The van der Waals surface area contributed by atoms with Crippen molar-refractivity contribution in [3.8, 4) is 6.07 Å².